The van der Waals surface area contributed by atoms with E-state index in [0.717, 1.165) is 4.90 Å². The van der Waals surface area contributed by atoms with Crippen LogP contribution in [-0.2, 0) is 9.59 Å². The molecule has 0 bridgehead atoms. The maximum atomic E-state index is 12.4. The maximum Gasteiger partial charge on any atom is 0.471 e. The van der Waals surface area contributed by atoms with Crippen LogP contribution in [0.3, 0.4) is 0 Å². The molecule has 1 aromatic carbocycles. The highest BCUT2D eigenvalue weighted by atomic mass is 19.4. The molecule has 1 heterocycles. The van der Waals surface area contributed by atoms with Gasteiger partial charge < -0.3 is 15.5 Å². The van der Waals surface area contributed by atoms with Crippen molar-refractivity contribution in [1.82, 2.24) is 15.5 Å². The molecule has 6 nitrogen and oxygen atoms in total. The molecule has 142 valence electrons. The van der Waals surface area contributed by atoms with E-state index in [0.29, 0.717) is 24.9 Å². The van der Waals surface area contributed by atoms with Gasteiger partial charge in [-0.25, -0.2) is 0 Å². The number of likely N-dealkylation sites (tertiary alicyclic amines) is 1. The number of amides is 3. The summed E-state index contributed by atoms with van der Waals surface area (Å²) in [5.41, 5.74) is 0.446. The summed E-state index contributed by atoms with van der Waals surface area (Å²) in [6, 6.07) is 8.46. The Morgan fingerprint density at radius 3 is 2.23 bits per heavy atom. The molecule has 1 aliphatic rings. The topological polar surface area (TPSA) is 78.5 Å². The highest BCUT2D eigenvalue weighted by Gasteiger charge is 2.43. The summed E-state index contributed by atoms with van der Waals surface area (Å²) in [5.74, 6) is -2.55. The van der Waals surface area contributed by atoms with Crippen LogP contribution in [-0.4, -0.2) is 55.0 Å². The fourth-order valence-corrected chi connectivity index (χ4v) is 2.69. The van der Waals surface area contributed by atoms with Gasteiger partial charge in [0.1, 0.15) is 0 Å². The monoisotopic (exact) mass is 371 g/mol. The molecule has 0 saturated carbocycles. The van der Waals surface area contributed by atoms with E-state index < -0.39 is 12.1 Å². The number of rotatable bonds is 5. The minimum Gasteiger partial charge on any atom is -0.354 e. The fourth-order valence-electron chi connectivity index (χ4n) is 2.69. The first kappa shape index (κ1) is 19.7. The Kier molecular flexibility index (Phi) is 6.59. The van der Waals surface area contributed by atoms with Gasteiger partial charge in [0, 0.05) is 25.2 Å². The molecule has 26 heavy (non-hydrogen) atoms. The Balaban J connectivity index is 1.66. The third kappa shape index (κ3) is 5.75. The van der Waals surface area contributed by atoms with Crippen LogP contribution < -0.4 is 10.6 Å². The van der Waals surface area contributed by atoms with Crippen LogP contribution in [0.5, 0.6) is 0 Å². The van der Waals surface area contributed by atoms with Crippen molar-refractivity contribution in [2.24, 2.45) is 5.92 Å². The van der Waals surface area contributed by atoms with Crippen LogP contribution in [0.15, 0.2) is 30.3 Å². The average Bonchev–Trinajstić information content (AvgIpc) is 2.64. The molecular weight excluding hydrogens is 351 g/mol. The van der Waals surface area contributed by atoms with Crippen LogP contribution in [0.4, 0.5) is 13.2 Å². The SMILES string of the molecule is O=C(CNC(=O)c1ccccc1)NCC1CCN(C(=O)C(F)(F)F)CC1. The van der Waals surface area contributed by atoms with E-state index in [1.807, 2.05) is 0 Å². The zero-order valence-corrected chi connectivity index (χ0v) is 14.0. The molecule has 0 atom stereocenters. The van der Waals surface area contributed by atoms with Gasteiger partial charge in [-0.1, -0.05) is 18.2 Å². The molecule has 0 spiro atoms. The lowest BCUT2D eigenvalue weighted by atomic mass is 9.96. The molecule has 1 fully saturated rings. The molecule has 1 aromatic rings. The Labute approximate surface area is 148 Å². The minimum atomic E-state index is -4.85. The molecule has 0 aromatic heterocycles. The van der Waals surface area contributed by atoms with Gasteiger partial charge >= 0.3 is 12.1 Å². The summed E-state index contributed by atoms with van der Waals surface area (Å²) in [7, 11) is 0. The summed E-state index contributed by atoms with van der Waals surface area (Å²) in [6.07, 6.45) is -4.07. The van der Waals surface area contributed by atoms with E-state index >= 15 is 0 Å². The number of carbonyl (C=O) groups is 3. The summed E-state index contributed by atoms with van der Waals surface area (Å²) >= 11 is 0. The van der Waals surface area contributed by atoms with Crippen molar-refractivity contribution in [2.45, 2.75) is 19.0 Å². The largest absolute Gasteiger partial charge is 0.471 e. The van der Waals surface area contributed by atoms with Crippen molar-refractivity contribution in [1.29, 1.82) is 0 Å². The second kappa shape index (κ2) is 8.68. The highest BCUT2D eigenvalue weighted by Crippen LogP contribution is 2.23. The summed E-state index contributed by atoms with van der Waals surface area (Å²) < 4.78 is 37.1. The van der Waals surface area contributed by atoms with Gasteiger partial charge in [-0.15, -0.1) is 0 Å². The number of carbonyl (C=O) groups excluding carboxylic acids is 3. The van der Waals surface area contributed by atoms with Gasteiger partial charge in [0.15, 0.2) is 0 Å². The molecule has 1 aliphatic heterocycles. The van der Waals surface area contributed by atoms with Gasteiger partial charge in [0.2, 0.25) is 5.91 Å². The number of benzene rings is 1. The first-order valence-electron chi connectivity index (χ1n) is 8.23. The predicted molar refractivity (Wildman–Crippen MR) is 87.1 cm³/mol. The van der Waals surface area contributed by atoms with E-state index in [9.17, 15) is 27.6 Å². The minimum absolute atomic E-state index is 0.000980. The van der Waals surface area contributed by atoms with Crippen LogP contribution in [0.2, 0.25) is 0 Å². The fraction of sp³-hybridized carbons (Fsp3) is 0.471. The average molecular weight is 371 g/mol. The quantitative estimate of drug-likeness (QED) is 0.820. The van der Waals surface area contributed by atoms with Crippen LogP contribution in [0.1, 0.15) is 23.2 Å². The summed E-state index contributed by atoms with van der Waals surface area (Å²) in [5, 5.41) is 5.15. The second-order valence-electron chi connectivity index (χ2n) is 6.09. The lowest BCUT2D eigenvalue weighted by molar-refractivity contribution is -0.186. The van der Waals surface area contributed by atoms with E-state index in [1.165, 1.54) is 0 Å². The number of nitrogens with zero attached hydrogens (tertiary/aromatic N) is 1. The Hall–Kier alpha value is -2.58. The smallest absolute Gasteiger partial charge is 0.354 e. The number of nitrogens with one attached hydrogen (secondary N) is 2. The summed E-state index contributed by atoms with van der Waals surface area (Å²) in [4.78, 5) is 35.5. The Morgan fingerprint density at radius 2 is 1.65 bits per heavy atom. The molecule has 1 saturated heterocycles. The zero-order chi connectivity index (χ0) is 19.2. The molecule has 9 heteroatoms. The van der Waals surface area contributed by atoms with E-state index in [-0.39, 0.29) is 37.4 Å². The molecule has 2 rings (SSSR count). The first-order valence-corrected chi connectivity index (χ1v) is 8.23. The van der Waals surface area contributed by atoms with Gasteiger partial charge in [-0.2, -0.15) is 13.2 Å². The Bertz CT molecular complexity index is 642. The van der Waals surface area contributed by atoms with Gasteiger partial charge in [0.25, 0.3) is 5.91 Å². The first-order chi connectivity index (χ1) is 12.3. The molecule has 3 amide bonds. The number of piperidine rings is 1. The molecule has 2 N–H and O–H groups in total. The van der Waals surface area contributed by atoms with Crippen molar-refractivity contribution in [3.8, 4) is 0 Å². The van der Waals surface area contributed by atoms with Crippen LogP contribution in [0.25, 0.3) is 0 Å². The van der Waals surface area contributed by atoms with Gasteiger partial charge in [0.05, 0.1) is 6.54 Å². The predicted octanol–water partition coefficient (Wildman–Crippen LogP) is 1.33. The van der Waals surface area contributed by atoms with E-state index in [4.69, 9.17) is 0 Å². The van der Waals surface area contributed by atoms with Crippen LogP contribution >= 0.6 is 0 Å². The number of alkyl halides is 3. The molecule has 0 aliphatic carbocycles. The normalized spacial score (nSPS) is 15.4. The van der Waals surface area contributed by atoms with Crippen LogP contribution in [0, 0.1) is 5.92 Å². The maximum absolute atomic E-state index is 12.4. The number of hydrogen-bond acceptors (Lipinski definition) is 3. The van der Waals surface area contributed by atoms with Gasteiger partial charge in [-0.3, -0.25) is 14.4 Å². The van der Waals surface area contributed by atoms with Crippen molar-refractivity contribution in [3.63, 3.8) is 0 Å². The number of halogens is 3. The highest BCUT2D eigenvalue weighted by molar-refractivity contribution is 5.96. The second-order valence-corrected chi connectivity index (χ2v) is 6.09. The third-order valence-corrected chi connectivity index (χ3v) is 4.18. The van der Waals surface area contributed by atoms with Gasteiger partial charge in [-0.05, 0) is 30.9 Å². The third-order valence-electron chi connectivity index (χ3n) is 4.18. The van der Waals surface area contributed by atoms with Crippen molar-refractivity contribution in [3.05, 3.63) is 35.9 Å². The van der Waals surface area contributed by atoms with Crippen molar-refractivity contribution in [2.75, 3.05) is 26.2 Å². The van der Waals surface area contributed by atoms with E-state index in [2.05, 4.69) is 10.6 Å². The van der Waals surface area contributed by atoms with Crippen molar-refractivity contribution >= 4 is 17.7 Å². The standard InChI is InChI=1S/C17H20F3N3O3/c18-17(19,20)16(26)23-8-6-12(7-9-23)10-21-14(24)11-22-15(25)13-4-2-1-3-5-13/h1-5,12H,6-11H2,(H,21,24)(H,22,25). The Morgan fingerprint density at radius 1 is 1.04 bits per heavy atom. The lowest BCUT2D eigenvalue weighted by Crippen LogP contribution is -2.47. The number of hydrogen-bond donors (Lipinski definition) is 2. The lowest BCUT2D eigenvalue weighted by Gasteiger charge is -2.32. The van der Waals surface area contributed by atoms with Crippen molar-refractivity contribution < 1.29 is 27.6 Å². The zero-order valence-electron chi connectivity index (χ0n) is 14.0. The van der Waals surface area contributed by atoms with E-state index in [1.54, 1.807) is 30.3 Å². The summed E-state index contributed by atoms with van der Waals surface area (Å²) in [6.45, 7) is 0.153. The molecule has 0 unspecified atom stereocenters. The molecule has 0 radical (unpaired) electrons. The molecular formula is C17H20F3N3O3.